The van der Waals surface area contributed by atoms with Gasteiger partial charge in [-0.15, -0.1) is 0 Å². The Morgan fingerprint density at radius 1 is 1.19 bits per heavy atom. The van der Waals surface area contributed by atoms with Gasteiger partial charge in [-0.1, -0.05) is 31.0 Å². The Morgan fingerprint density at radius 3 is 2.48 bits per heavy atom. The van der Waals surface area contributed by atoms with Crippen molar-refractivity contribution in [2.24, 2.45) is 16.1 Å². The predicted molar refractivity (Wildman–Crippen MR) is 88.9 cm³/mol. The summed E-state index contributed by atoms with van der Waals surface area (Å²) in [5, 5.41) is 4.31. The minimum atomic E-state index is -0.398. The molecule has 3 rings (SSSR count). The summed E-state index contributed by atoms with van der Waals surface area (Å²) in [5.41, 5.74) is 7.17. The molecule has 1 heterocycles. The van der Waals surface area contributed by atoms with Crippen molar-refractivity contribution >= 4 is 28.5 Å². The zero-order valence-corrected chi connectivity index (χ0v) is 12.9. The summed E-state index contributed by atoms with van der Waals surface area (Å²) in [5.74, 6) is 0.767. The molecule has 4 nitrogen and oxygen atoms in total. The van der Waals surface area contributed by atoms with E-state index in [4.69, 9.17) is 10.7 Å². The van der Waals surface area contributed by atoms with Crippen molar-refractivity contribution in [2.45, 2.75) is 32.1 Å². The van der Waals surface area contributed by atoms with Gasteiger partial charge in [-0.05, 0) is 42.5 Å². The summed E-state index contributed by atoms with van der Waals surface area (Å²) < 4.78 is 0. The van der Waals surface area contributed by atoms with Crippen molar-refractivity contribution in [3.63, 3.8) is 0 Å². The van der Waals surface area contributed by atoms with Gasteiger partial charge in [-0.25, -0.2) is 0 Å². The number of aliphatic imine (C=N–C) groups is 1. The van der Waals surface area contributed by atoms with Crippen LogP contribution < -0.4 is 11.1 Å². The van der Waals surface area contributed by atoms with Crippen LogP contribution in [-0.2, 0) is 0 Å². The fourth-order valence-corrected chi connectivity index (χ4v) is 4.24. The summed E-state index contributed by atoms with van der Waals surface area (Å²) in [6, 6.07) is 7.21. The molecule has 0 bridgehead atoms. The van der Waals surface area contributed by atoms with E-state index in [2.05, 4.69) is 5.32 Å². The van der Waals surface area contributed by atoms with Gasteiger partial charge in [0.25, 0.3) is 0 Å². The van der Waals surface area contributed by atoms with E-state index in [1.165, 1.54) is 32.1 Å². The number of hydrogen-bond acceptors (Lipinski definition) is 4. The maximum absolute atomic E-state index is 11.0. The SMILES string of the molecule is NC(=O)c1ccc(NC2=NCC3(CCCCC3)CS2)cc1. The minimum absolute atomic E-state index is 0.398. The number of carbonyl (C=O) groups excluding carboxylic acids is 1. The van der Waals surface area contributed by atoms with E-state index in [0.29, 0.717) is 11.0 Å². The van der Waals surface area contributed by atoms with Crippen molar-refractivity contribution in [2.75, 3.05) is 17.6 Å². The van der Waals surface area contributed by atoms with Crippen LogP contribution in [0.2, 0.25) is 0 Å². The number of hydrogen-bond donors (Lipinski definition) is 2. The fourth-order valence-electron chi connectivity index (χ4n) is 3.07. The molecule has 3 N–H and O–H groups in total. The fraction of sp³-hybridized carbons (Fsp3) is 0.500. The highest BCUT2D eigenvalue weighted by Crippen LogP contribution is 2.41. The summed E-state index contributed by atoms with van der Waals surface area (Å²) in [6.45, 7) is 0.946. The molecule has 5 heteroatoms. The van der Waals surface area contributed by atoms with Crippen molar-refractivity contribution in [3.05, 3.63) is 29.8 Å². The van der Waals surface area contributed by atoms with Crippen LogP contribution in [0.4, 0.5) is 5.69 Å². The molecule has 1 aliphatic carbocycles. The lowest BCUT2D eigenvalue weighted by Crippen LogP contribution is -2.35. The van der Waals surface area contributed by atoms with Crippen LogP contribution in [0, 0.1) is 5.41 Å². The maximum atomic E-state index is 11.0. The first-order valence-electron chi connectivity index (χ1n) is 7.51. The topological polar surface area (TPSA) is 67.5 Å². The molecule has 0 atom stereocenters. The molecule has 1 aliphatic heterocycles. The second-order valence-corrected chi connectivity index (χ2v) is 7.00. The Morgan fingerprint density at radius 2 is 1.90 bits per heavy atom. The number of thioether (sulfide) groups is 1. The summed E-state index contributed by atoms with van der Waals surface area (Å²) in [7, 11) is 0. The van der Waals surface area contributed by atoms with E-state index in [-0.39, 0.29) is 0 Å². The Hall–Kier alpha value is -1.49. The molecule has 112 valence electrons. The van der Waals surface area contributed by atoms with Crippen molar-refractivity contribution in [3.8, 4) is 0 Å². The summed E-state index contributed by atoms with van der Waals surface area (Å²) >= 11 is 1.82. The molecular weight excluding hydrogens is 282 g/mol. The first-order chi connectivity index (χ1) is 10.2. The van der Waals surface area contributed by atoms with Crippen LogP contribution in [0.5, 0.6) is 0 Å². The van der Waals surface area contributed by atoms with Gasteiger partial charge in [0.1, 0.15) is 0 Å². The summed E-state index contributed by atoms with van der Waals surface area (Å²) in [4.78, 5) is 15.8. The molecule has 1 spiro atoms. The molecule has 21 heavy (non-hydrogen) atoms. The number of benzene rings is 1. The predicted octanol–water partition coefficient (Wildman–Crippen LogP) is 3.25. The van der Waals surface area contributed by atoms with Crippen LogP contribution >= 0.6 is 11.8 Å². The number of rotatable bonds is 2. The lowest BCUT2D eigenvalue weighted by Gasteiger charge is -2.38. The van der Waals surface area contributed by atoms with E-state index in [9.17, 15) is 4.79 Å². The smallest absolute Gasteiger partial charge is 0.248 e. The van der Waals surface area contributed by atoms with Gasteiger partial charge >= 0.3 is 0 Å². The normalized spacial score (nSPS) is 20.9. The van der Waals surface area contributed by atoms with E-state index < -0.39 is 5.91 Å². The zero-order valence-electron chi connectivity index (χ0n) is 12.1. The van der Waals surface area contributed by atoms with Crippen molar-refractivity contribution in [1.82, 2.24) is 0 Å². The number of amidine groups is 1. The first-order valence-corrected chi connectivity index (χ1v) is 8.50. The van der Waals surface area contributed by atoms with E-state index in [1.54, 1.807) is 12.1 Å². The van der Waals surface area contributed by atoms with Crippen LogP contribution in [0.3, 0.4) is 0 Å². The monoisotopic (exact) mass is 303 g/mol. The van der Waals surface area contributed by atoms with Crippen LogP contribution in [-0.4, -0.2) is 23.4 Å². The van der Waals surface area contributed by atoms with Crippen molar-refractivity contribution < 1.29 is 4.79 Å². The highest BCUT2D eigenvalue weighted by Gasteiger charge is 2.34. The molecule has 0 aromatic heterocycles. The van der Waals surface area contributed by atoms with E-state index in [1.807, 2.05) is 23.9 Å². The van der Waals surface area contributed by atoms with Gasteiger partial charge in [-0.2, -0.15) is 0 Å². The van der Waals surface area contributed by atoms with Crippen molar-refractivity contribution in [1.29, 1.82) is 0 Å². The molecular formula is C16H21N3OS. The van der Waals surface area contributed by atoms with Gasteiger partial charge in [0.05, 0.1) is 0 Å². The Kier molecular flexibility index (Phi) is 4.19. The third kappa shape index (κ3) is 3.40. The third-order valence-corrected chi connectivity index (χ3v) is 5.67. The number of nitrogens with zero attached hydrogens (tertiary/aromatic N) is 1. The molecule has 1 amide bonds. The second kappa shape index (κ2) is 6.10. The molecule has 2 aliphatic rings. The van der Waals surface area contributed by atoms with Gasteiger partial charge < -0.3 is 11.1 Å². The number of anilines is 1. The van der Waals surface area contributed by atoms with E-state index >= 15 is 0 Å². The number of nitrogens with two attached hydrogens (primary N) is 1. The van der Waals surface area contributed by atoms with Crippen LogP contribution in [0.1, 0.15) is 42.5 Å². The highest BCUT2D eigenvalue weighted by molar-refractivity contribution is 8.14. The zero-order chi connectivity index (χ0) is 14.7. The summed E-state index contributed by atoms with van der Waals surface area (Å²) in [6.07, 6.45) is 6.74. The molecule has 1 saturated carbocycles. The largest absolute Gasteiger partial charge is 0.366 e. The molecule has 1 fully saturated rings. The van der Waals surface area contributed by atoms with Gasteiger partial charge in [0.15, 0.2) is 5.17 Å². The number of carbonyl (C=O) groups is 1. The Bertz CT molecular complexity index is 547. The Labute approximate surface area is 129 Å². The second-order valence-electron chi connectivity index (χ2n) is 6.04. The first kappa shape index (κ1) is 14.4. The Balaban J connectivity index is 1.62. The lowest BCUT2D eigenvalue weighted by atomic mass is 9.75. The molecule has 1 aromatic rings. The average molecular weight is 303 g/mol. The standard InChI is InChI=1S/C16H21N3OS/c17-14(20)12-4-6-13(7-5-12)19-15-18-10-16(11-21-15)8-2-1-3-9-16/h4-7H,1-3,8-11H2,(H2,17,20)(H,18,19). The minimum Gasteiger partial charge on any atom is -0.366 e. The number of nitrogens with one attached hydrogen (secondary N) is 1. The van der Waals surface area contributed by atoms with Crippen LogP contribution in [0.15, 0.2) is 29.3 Å². The number of primary amides is 1. The quantitative estimate of drug-likeness (QED) is 0.881. The van der Waals surface area contributed by atoms with Crippen LogP contribution in [0.25, 0.3) is 0 Å². The molecule has 0 saturated heterocycles. The maximum Gasteiger partial charge on any atom is 0.248 e. The molecule has 0 radical (unpaired) electrons. The lowest BCUT2D eigenvalue weighted by molar-refractivity contribution is 0.100. The van der Waals surface area contributed by atoms with Gasteiger partial charge in [-0.3, -0.25) is 9.79 Å². The highest BCUT2D eigenvalue weighted by atomic mass is 32.2. The average Bonchev–Trinajstić information content (AvgIpc) is 2.51. The van der Waals surface area contributed by atoms with Gasteiger partial charge in [0.2, 0.25) is 5.91 Å². The van der Waals surface area contributed by atoms with Gasteiger partial charge in [0, 0.05) is 23.5 Å². The van der Waals surface area contributed by atoms with E-state index in [0.717, 1.165) is 23.2 Å². The third-order valence-electron chi connectivity index (χ3n) is 4.41. The number of amides is 1. The molecule has 0 unspecified atom stereocenters. The molecule has 1 aromatic carbocycles.